The number of hydrogen-bond acceptors (Lipinski definition) is 3. The predicted molar refractivity (Wildman–Crippen MR) is 51.0 cm³/mol. The van der Waals surface area contributed by atoms with Gasteiger partial charge in [-0.3, -0.25) is 0 Å². The molecule has 0 unspecified atom stereocenters. The van der Waals surface area contributed by atoms with E-state index in [0.717, 1.165) is 5.56 Å². The van der Waals surface area contributed by atoms with Crippen LogP contribution in [0.15, 0.2) is 29.1 Å². The maximum absolute atomic E-state index is 13.4. The third-order valence-electron chi connectivity index (χ3n) is 2.05. The molecule has 2 aromatic rings. The monoisotopic (exact) mass is 192 g/mol. The molecule has 3 nitrogen and oxygen atoms in total. The summed E-state index contributed by atoms with van der Waals surface area (Å²) in [4.78, 5) is 3.73. The van der Waals surface area contributed by atoms with Crippen LogP contribution in [0.25, 0.3) is 11.3 Å². The lowest BCUT2D eigenvalue weighted by atomic mass is 10.1. The Labute approximate surface area is 80.4 Å². The second kappa shape index (κ2) is 3.14. The Kier molecular flexibility index (Phi) is 1.96. The zero-order valence-electron chi connectivity index (χ0n) is 7.62. The first-order valence-corrected chi connectivity index (χ1v) is 4.13. The minimum Gasteiger partial charge on any atom is -0.443 e. The van der Waals surface area contributed by atoms with Gasteiger partial charge in [0.25, 0.3) is 0 Å². The van der Waals surface area contributed by atoms with Crippen LogP contribution in [0.5, 0.6) is 0 Å². The molecule has 0 aliphatic heterocycles. The van der Waals surface area contributed by atoms with Crippen molar-refractivity contribution in [1.82, 2.24) is 4.98 Å². The lowest BCUT2D eigenvalue weighted by Gasteiger charge is -2.03. The molecule has 4 heteroatoms. The summed E-state index contributed by atoms with van der Waals surface area (Å²) in [5, 5.41) is 0. The molecule has 0 saturated heterocycles. The van der Waals surface area contributed by atoms with Crippen LogP contribution in [0.3, 0.4) is 0 Å². The fraction of sp³-hybridized carbons (Fsp3) is 0.100. The smallest absolute Gasteiger partial charge is 0.181 e. The highest BCUT2D eigenvalue weighted by Gasteiger charge is 2.10. The maximum Gasteiger partial charge on any atom is 0.181 e. The van der Waals surface area contributed by atoms with E-state index in [4.69, 9.17) is 10.2 Å². The second-order valence-electron chi connectivity index (χ2n) is 3.05. The van der Waals surface area contributed by atoms with Crippen molar-refractivity contribution in [2.75, 3.05) is 5.73 Å². The average Bonchev–Trinajstić information content (AvgIpc) is 2.64. The van der Waals surface area contributed by atoms with Gasteiger partial charge >= 0.3 is 0 Å². The first-order valence-electron chi connectivity index (χ1n) is 4.13. The van der Waals surface area contributed by atoms with E-state index >= 15 is 0 Å². The van der Waals surface area contributed by atoms with Gasteiger partial charge in [0.1, 0.15) is 5.82 Å². The van der Waals surface area contributed by atoms with Gasteiger partial charge in [0.2, 0.25) is 0 Å². The van der Waals surface area contributed by atoms with E-state index in [1.807, 2.05) is 6.92 Å². The highest BCUT2D eigenvalue weighted by Crippen LogP contribution is 2.26. The normalized spacial score (nSPS) is 10.4. The molecule has 0 fully saturated rings. The lowest BCUT2D eigenvalue weighted by Crippen LogP contribution is -1.93. The number of benzene rings is 1. The molecule has 1 aromatic heterocycles. The third-order valence-corrected chi connectivity index (χ3v) is 2.05. The second-order valence-corrected chi connectivity index (χ2v) is 3.05. The van der Waals surface area contributed by atoms with Crippen molar-refractivity contribution >= 4 is 5.69 Å². The molecule has 0 atom stereocenters. The van der Waals surface area contributed by atoms with Crippen LogP contribution in [0.4, 0.5) is 10.1 Å². The Hall–Kier alpha value is -1.84. The van der Waals surface area contributed by atoms with Crippen LogP contribution in [0.1, 0.15) is 5.56 Å². The van der Waals surface area contributed by atoms with E-state index in [0.29, 0.717) is 17.0 Å². The quantitative estimate of drug-likeness (QED) is 0.705. The van der Waals surface area contributed by atoms with Gasteiger partial charge in [-0.05, 0) is 24.6 Å². The Morgan fingerprint density at radius 1 is 1.43 bits per heavy atom. The number of oxazole rings is 1. The highest BCUT2D eigenvalue weighted by atomic mass is 19.1. The zero-order valence-corrected chi connectivity index (χ0v) is 7.62. The molecule has 0 radical (unpaired) electrons. The number of aryl methyl sites for hydroxylation is 1. The molecular formula is C10H9FN2O. The number of nitrogens with zero attached hydrogens (tertiary/aromatic N) is 1. The van der Waals surface area contributed by atoms with Crippen LogP contribution in [0.2, 0.25) is 0 Å². The maximum atomic E-state index is 13.4. The topological polar surface area (TPSA) is 52.0 Å². The summed E-state index contributed by atoms with van der Waals surface area (Å²) in [5.74, 6) is 0.00968. The van der Waals surface area contributed by atoms with Gasteiger partial charge in [-0.1, -0.05) is 0 Å². The molecule has 14 heavy (non-hydrogen) atoms. The summed E-state index contributed by atoms with van der Waals surface area (Å²) in [7, 11) is 0. The van der Waals surface area contributed by atoms with Crippen molar-refractivity contribution in [3.63, 3.8) is 0 Å². The van der Waals surface area contributed by atoms with Crippen molar-refractivity contribution in [3.05, 3.63) is 36.1 Å². The van der Waals surface area contributed by atoms with Gasteiger partial charge in [0, 0.05) is 5.69 Å². The zero-order chi connectivity index (χ0) is 10.1. The summed E-state index contributed by atoms with van der Waals surface area (Å²) in [5.41, 5.74) is 7.19. The van der Waals surface area contributed by atoms with Gasteiger partial charge in [0.15, 0.2) is 12.2 Å². The summed E-state index contributed by atoms with van der Waals surface area (Å²) >= 11 is 0. The Morgan fingerprint density at radius 3 is 2.86 bits per heavy atom. The van der Waals surface area contributed by atoms with Crippen LogP contribution < -0.4 is 5.73 Å². The average molecular weight is 192 g/mol. The first-order chi connectivity index (χ1) is 6.68. The Bertz CT molecular complexity index is 451. The van der Waals surface area contributed by atoms with E-state index in [-0.39, 0.29) is 0 Å². The molecule has 0 saturated carbocycles. The molecule has 2 rings (SSSR count). The SMILES string of the molecule is Cc1cc(-c2cnco2)c(F)cc1N. The van der Waals surface area contributed by atoms with Gasteiger partial charge in [-0.25, -0.2) is 9.37 Å². The van der Waals surface area contributed by atoms with E-state index in [9.17, 15) is 4.39 Å². The third kappa shape index (κ3) is 1.35. The van der Waals surface area contributed by atoms with Crippen molar-refractivity contribution in [3.8, 4) is 11.3 Å². The van der Waals surface area contributed by atoms with Crippen molar-refractivity contribution in [2.45, 2.75) is 6.92 Å². The molecule has 0 spiro atoms. The number of nitrogens with two attached hydrogens (primary N) is 1. The molecule has 1 aromatic carbocycles. The first kappa shape index (κ1) is 8.74. The van der Waals surface area contributed by atoms with Crippen LogP contribution >= 0.6 is 0 Å². The largest absolute Gasteiger partial charge is 0.443 e. The van der Waals surface area contributed by atoms with E-state index < -0.39 is 5.82 Å². The number of anilines is 1. The molecule has 1 heterocycles. The van der Waals surface area contributed by atoms with E-state index in [2.05, 4.69) is 4.98 Å². The Balaban J connectivity index is 2.60. The van der Waals surface area contributed by atoms with Crippen LogP contribution in [0, 0.1) is 12.7 Å². The fourth-order valence-electron chi connectivity index (χ4n) is 1.23. The number of halogens is 1. The minimum absolute atomic E-state index is 0.384. The standard InChI is InChI=1S/C10H9FN2O/c1-6-2-7(8(11)3-9(6)12)10-4-13-5-14-10/h2-5H,12H2,1H3. The van der Waals surface area contributed by atoms with Gasteiger partial charge in [-0.15, -0.1) is 0 Å². The molecule has 72 valence electrons. The molecule has 0 bridgehead atoms. The van der Waals surface area contributed by atoms with Crippen molar-refractivity contribution in [1.29, 1.82) is 0 Å². The highest BCUT2D eigenvalue weighted by molar-refractivity contribution is 5.63. The predicted octanol–water partition coefficient (Wildman–Crippen LogP) is 2.37. The number of hydrogen-bond donors (Lipinski definition) is 1. The van der Waals surface area contributed by atoms with Crippen molar-refractivity contribution in [2.24, 2.45) is 0 Å². The van der Waals surface area contributed by atoms with Gasteiger partial charge in [-0.2, -0.15) is 0 Å². The van der Waals surface area contributed by atoms with Crippen LogP contribution in [-0.2, 0) is 0 Å². The molecule has 0 aliphatic carbocycles. The molecule has 0 aliphatic rings. The summed E-state index contributed by atoms with van der Waals surface area (Å²) in [6, 6.07) is 2.93. The minimum atomic E-state index is -0.398. The number of aromatic nitrogens is 1. The number of nitrogen functional groups attached to an aromatic ring is 1. The summed E-state index contributed by atoms with van der Waals surface area (Å²) < 4.78 is 18.4. The van der Waals surface area contributed by atoms with E-state index in [1.165, 1.54) is 18.7 Å². The van der Waals surface area contributed by atoms with Gasteiger partial charge in [0.05, 0.1) is 11.8 Å². The molecule has 2 N–H and O–H groups in total. The van der Waals surface area contributed by atoms with Crippen LogP contribution in [-0.4, -0.2) is 4.98 Å². The summed E-state index contributed by atoms with van der Waals surface area (Å²) in [6.07, 6.45) is 2.73. The van der Waals surface area contributed by atoms with Crippen molar-refractivity contribution < 1.29 is 8.81 Å². The van der Waals surface area contributed by atoms with E-state index in [1.54, 1.807) is 6.07 Å². The lowest BCUT2D eigenvalue weighted by molar-refractivity contribution is 0.561. The molecule has 0 amide bonds. The molecular weight excluding hydrogens is 183 g/mol. The Morgan fingerprint density at radius 2 is 2.21 bits per heavy atom. The summed E-state index contributed by atoms with van der Waals surface area (Å²) in [6.45, 7) is 1.81. The number of rotatable bonds is 1. The van der Waals surface area contributed by atoms with Gasteiger partial charge < -0.3 is 10.2 Å². The fourth-order valence-corrected chi connectivity index (χ4v) is 1.23.